The summed E-state index contributed by atoms with van der Waals surface area (Å²) in [6.07, 6.45) is 1.68. The molecule has 0 fully saturated rings. The molecule has 0 atom stereocenters. The Morgan fingerprint density at radius 2 is 2.05 bits per heavy atom. The Morgan fingerprint density at radius 1 is 1.27 bits per heavy atom. The number of amides is 3. The molecule has 0 saturated heterocycles. The first-order valence-corrected chi connectivity index (χ1v) is 7.95. The van der Waals surface area contributed by atoms with Crippen LogP contribution >= 0.6 is 11.8 Å². The third-order valence-electron chi connectivity index (χ3n) is 2.80. The Labute approximate surface area is 133 Å². The number of thioether (sulfide) groups is 1. The number of nitrogens with zero attached hydrogens (tertiary/aromatic N) is 2. The van der Waals surface area contributed by atoms with Gasteiger partial charge in [-0.2, -0.15) is 5.10 Å². The Balaban J connectivity index is 1.89. The molecule has 0 saturated carbocycles. The summed E-state index contributed by atoms with van der Waals surface area (Å²) in [5.41, 5.74) is 0. The van der Waals surface area contributed by atoms with Crippen LogP contribution in [-0.2, 0) is 4.79 Å². The van der Waals surface area contributed by atoms with Crippen molar-refractivity contribution >= 4 is 34.5 Å². The van der Waals surface area contributed by atoms with Gasteiger partial charge in [-0.05, 0) is 5.92 Å². The Morgan fingerprint density at radius 3 is 2.82 bits per heavy atom. The number of nitrogens with one attached hydrogen (secondary N) is 2. The number of urea groups is 1. The van der Waals surface area contributed by atoms with Crippen molar-refractivity contribution in [2.75, 3.05) is 12.3 Å². The summed E-state index contributed by atoms with van der Waals surface area (Å²) < 4.78 is 0. The molecule has 2 rings (SSSR count). The molecule has 1 heterocycles. The van der Waals surface area contributed by atoms with E-state index in [2.05, 4.69) is 20.8 Å². The van der Waals surface area contributed by atoms with Gasteiger partial charge in [-0.25, -0.2) is 4.79 Å². The SMILES string of the molecule is CC(C)CNC(=O)NC(=O)CSc1nncc2ccccc12. The molecular weight excluding hydrogens is 300 g/mol. The third kappa shape index (κ3) is 4.70. The van der Waals surface area contributed by atoms with Crippen LogP contribution in [0, 0.1) is 5.92 Å². The van der Waals surface area contributed by atoms with Crippen molar-refractivity contribution in [3.63, 3.8) is 0 Å². The van der Waals surface area contributed by atoms with Crippen LogP contribution in [0.3, 0.4) is 0 Å². The van der Waals surface area contributed by atoms with Crippen LogP contribution < -0.4 is 10.6 Å². The minimum absolute atomic E-state index is 0.109. The number of benzene rings is 1. The van der Waals surface area contributed by atoms with Gasteiger partial charge in [-0.1, -0.05) is 49.9 Å². The lowest BCUT2D eigenvalue weighted by Gasteiger charge is -2.08. The first-order valence-electron chi connectivity index (χ1n) is 6.97. The van der Waals surface area contributed by atoms with Crippen LogP contribution in [0.5, 0.6) is 0 Å². The minimum atomic E-state index is -0.469. The quantitative estimate of drug-likeness (QED) is 0.826. The van der Waals surface area contributed by atoms with E-state index in [4.69, 9.17) is 0 Å². The number of carbonyl (C=O) groups is 2. The van der Waals surface area contributed by atoms with Crippen LogP contribution in [0.4, 0.5) is 4.79 Å². The number of hydrogen-bond donors (Lipinski definition) is 2. The summed E-state index contributed by atoms with van der Waals surface area (Å²) in [7, 11) is 0. The molecule has 2 N–H and O–H groups in total. The molecule has 0 aliphatic heterocycles. The van der Waals surface area contributed by atoms with Crippen molar-refractivity contribution in [3.05, 3.63) is 30.5 Å². The smallest absolute Gasteiger partial charge is 0.321 e. The highest BCUT2D eigenvalue weighted by Crippen LogP contribution is 2.24. The van der Waals surface area contributed by atoms with Gasteiger partial charge in [0, 0.05) is 17.3 Å². The van der Waals surface area contributed by atoms with Gasteiger partial charge in [0.2, 0.25) is 5.91 Å². The molecule has 0 aliphatic rings. The Kier molecular flexibility index (Phi) is 5.71. The number of rotatable bonds is 5. The zero-order valence-corrected chi connectivity index (χ0v) is 13.3. The Hall–Kier alpha value is -2.15. The fourth-order valence-corrected chi connectivity index (χ4v) is 2.53. The van der Waals surface area contributed by atoms with Crippen molar-refractivity contribution < 1.29 is 9.59 Å². The summed E-state index contributed by atoms with van der Waals surface area (Å²) >= 11 is 1.26. The van der Waals surface area contributed by atoms with Crippen LogP contribution in [0.1, 0.15) is 13.8 Å². The summed E-state index contributed by atoms with van der Waals surface area (Å²) in [6.45, 7) is 4.50. The molecular formula is C15H18N4O2S. The van der Waals surface area contributed by atoms with Gasteiger partial charge >= 0.3 is 6.03 Å². The van der Waals surface area contributed by atoms with E-state index >= 15 is 0 Å². The highest BCUT2D eigenvalue weighted by atomic mass is 32.2. The predicted octanol–water partition coefficient (Wildman–Crippen LogP) is 2.20. The largest absolute Gasteiger partial charge is 0.338 e. The number of carbonyl (C=O) groups excluding carboxylic acids is 2. The molecule has 116 valence electrons. The third-order valence-corrected chi connectivity index (χ3v) is 3.78. The molecule has 0 aliphatic carbocycles. The fraction of sp³-hybridized carbons (Fsp3) is 0.333. The molecule has 22 heavy (non-hydrogen) atoms. The van der Waals surface area contributed by atoms with E-state index in [1.54, 1.807) is 6.20 Å². The van der Waals surface area contributed by atoms with Crippen molar-refractivity contribution in [2.45, 2.75) is 18.9 Å². The molecule has 0 unspecified atom stereocenters. The number of fused-ring (bicyclic) bond motifs is 1. The fourth-order valence-electron chi connectivity index (χ4n) is 1.75. The first-order chi connectivity index (χ1) is 10.6. The summed E-state index contributed by atoms with van der Waals surface area (Å²) in [5, 5.41) is 15.5. The Bertz CT molecular complexity index is 670. The van der Waals surface area contributed by atoms with Gasteiger partial charge in [0.1, 0.15) is 5.03 Å². The van der Waals surface area contributed by atoms with E-state index in [-0.39, 0.29) is 11.7 Å². The van der Waals surface area contributed by atoms with Crippen molar-refractivity contribution in [3.8, 4) is 0 Å². The molecule has 1 aromatic heterocycles. The molecule has 7 heteroatoms. The highest BCUT2D eigenvalue weighted by molar-refractivity contribution is 8.00. The monoisotopic (exact) mass is 318 g/mol. The number of hydrogen-bond acceptors (Lipinski definition) is 5. The van der Waals surface area contributed by atoms with Gasteiger partial charge in [-0.3, -0.25) is 10.1 Å². The van der Waals surface area contributed by atoms with Crippen LogP contribution in [0.15, 0.2) is 35.5 Å². The lowest BCUT2D eigenvalue weighted by molar-refractivity contribution is -0.117. The maximum atomic E-state index is 11.8. The topological polar surface area (TPSA) is 84.0 Å². The molecule has 0 spiro atoms. The van der Waals surface area contributed by atoms with Crippen molar-refractivity contribution in [1.29, 1.82) is 0 Å². The number of aromatic nitrogens is 2. The standard InChI is InChI=1S/C15H18N4O2S/c1-10(2)7-16-15(21)18-13(20)9-22-14-12-6-4-3-5-11(12)8-17-19-14/h3-6,8,10H,7,9H2,1-2H3,(H2,16,18,20,21). The molecule has 0 bridgehead atoms. The first kappa shape index (κ1) is 16.2. The van der Waals surface area contributed by atoms with Gasteiger partial charge in [0.15, 0.2) is 0 Å². The minimum Gasteiger partial charge on any atom is -0.338 e. The van der Waals surface area contributed by atoms with E-state index in [1.807, 2.05) is 38.1 Å². The van der Waals surface area contributed by atoms with Crippen LogP contribution in [0.2, 0.25) is 0 Å². The maximum absolute atomic E-state index is 11.8. The van der Waals surface area contributed by atoms with E-state index in [0.717, 1.165) is 10.8 Å². The van der Waals surface area contributed by atoms with Gasteiger partial charge in [-0.15, -0.1) is 5.10 Å². The maximum Gasteiger partial charge on any atom is 0.321 e. The molecule has 3 amide bonds. The summed E-state index contributed by atoms with van der Waals surface area (Å²) in [6, 6.07) is 7.23. The molecule has 1 aromatic carbocycles. The molecule has 2 aromatic rings. The summed E-state index contributed by atoms with van der Waals surface area (Å²) in [4.78, 5) is 23.3. The van der Waals surface area contributed by atoms with Gasteiger partial charge < -0.3 is 5.32 Å². The summed E-state index contributed by atoms with van der Waals surface area (Å²) in [5.74, 6) is 0.0832. The average molecular weight is 318 g/mol. The average Bonchev–Trinajstić information content (AvgIpc) is 2.51. The molecule has 6 nitrogen and oxygen atoms in total. The molecule has 0 radical (unpaired) electrons. The van der Waals surface area contributed by atoms with Gasteiger partial charge in [0.05, 0.1) is 11.9 Å². The van der Waals surface area contributed by atoms with E-state index in [9.17, 15) is 9.59 Å². The second kappa shape index (κ2) is 7.74. The van der Waals surface area contributed by atoms with Crippen molar-refractivity contribution in [1.82, 2.24) is 20.8 Å². The van der Waals surface area contributed by atoms with E-state index < -0.39 is 6.03 Å². The second-order valence-corrected chi connectivity index (χ2v) is 6.14. The lowest BCUT2D eigenvalue weighted by atomic mass is 10.2. The highest BCUT2D eigenvalue weighted by Gasteiger charge is 2.10. The van der Waals surface area contributed by atoms with E-state index in [1.165, 1.54) is 11.8 Å². The second-order valence-electron chi connectivity index (χ2n) is 5.18. The lowest BCUT2D eigenvalue weighted by Crippen LogP contribution is -2.41. The van der Waals surface area contributed by atoms with Crippen LogP contribution in [-0.4, -0.2) is 34.4 Å². The zero-order valence-electron chi connectivity index (χ0n) is 12.5. The normalized spacial score (nSPS) is 10.7. The van der Waals surface area contributed by atoms with Crippen molar-refractivity contribution in [2.24, 2.45) is 5.92 Å². The number of imide groups is 1. The van der Waals surface area contributed by atoms with Gasteiger partial charge in [0.25, 0.3) is 0 Å². The predicted molar refractivity (Wildman–Crippen MR) is 86.6 cm³/mol. The van der Waals surface area contributed by atoms with E-state index in [0.29, 0.717) is 17.5 Å². The zero-order chi connectivity index (χ0) is 15.9. The van der Waals surface area contributed by atoms with Crippen LogP contribution in [0.25, 0.3) is 10.8 Å².